The van der Waals surface area contributed by atoms with E-state index in [4.69, 9.17) is 4.74 Å². The standard InChI is InChI=1S/C58H55BN2OS/c1-34-16-23-39(24-17-34)60(40-25-18-35(2)19-26-40)46-33-45-53(50-42-14-12-13-15-44(42)58(10,11)51(46)50)61(41-27-20-37(21-28-41)56(4,5)6)47-30-36(3)31-48-52(47)59(45)55-54(62-48)43-32-38(57(7,8)9)22-29-49(43)63-55/h12-33H,1-11H3. The fraction of sp³-hybridized carbons (Fsp3) is 0.241. The van der Waals surface area contributed by atoms with Gasteiger partial charge in [-0.15, -0.1) is 11.3 Å². The number of benzene rings is 7. The van der Waals surface area contributed by atoms with E-state index in [1.165, 1.54) is 92.9 Å². The van der Waals surface area contributed by atoms with E-state index in [0.717, 1.165) is 28.6 Å². The third-order valence-corrected chi connectivity index (χ3v) is 15.2. The van der Waals surface area contributed by atoms with E-state index in [0.29, 0.717) is 0 Å². The summed E-state index contributed by atoms with van der Waals surface area (Å²) >= 11 is 1.90. The van der Waals surface area contributed by atoms with Crippen molar-refractivity contribution in [2.24, 2.45) is 0 Å². The first kappa shape index (κ1) is 39.8. The SMILES string of the molecule is Cc1ccc(N(c2ccc(C)cc2)c2cc3c(c4c2C(C)(C)c2ccccc2-4)N(c2ccc(C(C)(C)C)cc2)c2cc(C)cc4c2B3c2sc3ccc(C(C)(C)C)cc3c2O4)cc1. The van der Waals surface area contributed by atoms with E-state index in [2.05, 4.69) is 219 Å². The summed E-state index contributed by atoms with van der Waals surface area (Å²) in [6.45, 7) is 25.2. The van der Waals surface area contributed by atoms with Crippen LogP contribution in [-0.4, -0.2) is 6.71 Å². The minimum absolute atomic E-state index is 0.00485. The van der Waals surface area contributed by atoms with Crippen LogP contribution in [0.3, 0.4) is 0 Å². The molecule has 3 aliphatic rings. The summed E-state index contributed by atoms with van der Waals surface area (Å²) in [6.07, 6.45) is 0. The molecule has 8 aromatic rings. The lowest BCUT2D eigenvalue weighted by atomic mass is 9.36. The van der Waals surface area contributed by atoms with E-state index in [-0.39, 0.29) is 23.0 Å². The highest BCUT2D eigenvalue weighted by Crippen LogP contribution is 2.59. The molecular weight excluding hydrogens is 784 g/mol. The number of hydrogen-bond donors (Lipinski definition) is 0. The Hall–Kier alpha value is -6.04. The van der Waals surface area contributed by atoms with Crippen molar-refractivity contribution in [1.82, 2.24) is 0 Å². The van der Waals surface area contributed by atoms with Crippen molar-refractivity contribution < 1.29 is 4.74 Å². The minimum atomic E-state index is -0.314. The summed E-state index contributed by atoms with van der Waals surface area (Å²) in [5, 5.41) is 1.20. The van der Waals surface area contributed by atoms with Gasteiger partial charge < -0.3 is 14.5 Å². The van der Waals surface area contributed by atoms with Crippen molar-refractivity contribution in [1.29, 1.82) is 0 Å². The molecule has 11 rings (SSSR count). The Morgan fingerprint density at radius 3 is 1.90 bits per heavy atom. The van der Waals surface area contributed by atoms with Crippen molar-refractivity contribution in [3.63, 3.8) is 0 Å². The number of thiophene rings is 1. The molecule has 7 aromatic carbocycles. The predicted molar refractivity (Wildman–Crippen MR) is 272 cm³/mol. The number of aryl methyl sites for hydroxylation is 3. The lowest BCUT2D eigenvalue weighted by Gasteiger charge is -2.42. The highest BCUT2D eigenvalue weighted by Gasteiger charge is 2.49. The molecule has 3 nitrogen and oxygen atoms in total. The van der Waals surface area contributed by atoms with Gasteiger partial charge in [-0.3, -0.25) is 0 Å². The summed E-state index contributed by atoms with van der Waals surface area (Å²) in [5.41, 5.74) is 21.0. The minimum Gasteiger partial charge on any atom is -0.457 e. The molecule has 0 saturated carbocycles. The van der Waals surface area contributed by atoms with Crippen LogP contribution in [0, 0.1) is 20.8 Å². The van der Waals surface area contributed by atoms with Gasteiger partial charge in [0, 0.05) is 54.3 Å². The van der Waals surface area contributed by atoms with Crippen LogP contribution in [0.5, 0.6) is 11.5 Å². The maximum atomic E-state index is 7.28. The molecule has 312 valence electrons. The molecule has 0 spiro atoms. The zero-order valence-electron chi connectivity index (χ0n) is 38.5. The Kier molecular flexibility index (Phi) is 8.67. The van der Waals surface area contributed by atoms with Gasteiger partial charge >= 0.3 is 0 Å². The second kappa shape index (κ2) is 13.7. The van der Waals surface area contributed by atoms with E-state index >= 15 is 0 Å². The van der Waals surface area contributed by atoms with Gasteiger partial charge in [0.05, 0.1) is 5.69 Å². The Bertz CT molecular complexity index is 3120. The Balaban J connectivity index is 1.31. The largest absolute Gasteiger partial charge is 0.457 e. The normalized spacial score (nSPS) is 14.5. The van der Waals surface area contributed by atoms with Crippen LogP contribution in [-0.2, 0) is 16.2 Å². The number of fused-ring (bicyclic) bond motifs is 10. The van der Waals surface area contributed by atoms with Gasteiger partial charge in [-0.25, -0.2) is 0 Å². The fourth-order valence-corrected chi connectivity index (χ4v) is 11.8. The molecule has 0 bridgehead atoms. The molecule has 0 saturated heterocycles. The van der Waals surface area contributed by atoms with Crippen LogP contribution in [0.4, 0.5) is 34.1 Å². The molecule has 0 N–H and O–H groups in total. The molecular formula is C58H55BN2OS. The average molecular weight is 839 g/mol. The van der Waals surface area contributed by atoms with Gasteiger partial charge in [0.2, 0.25) is 0 Å². The Morgan fingerprint density at radius 2 is 1.27 bits per heavy atom. The molecule has 0 amide bonds. The first-order valence-corrected chi connectivity index (χ1v) is 23.4. The van der Waals surface area contributed by atoms with Crippen molar-refractivity contribution in [2.45, 2.75) is 92.4 Å². The van der Waals surface area contributed by atoms with Crippen LogP contribution in [0.1, 0.15) is 94.3 Å². The van der Waals surface area contributed by atoms with Gasteiger partial charge in [0.25, 0.3) is 6.71 Å². The predicted octanol–water partition coefficient (Wildman–Crippen LogP) is 14.6. The van der Waals surface area contributed by atoms with E-state index in [1.807, 2.05) is 11.3 Å². The second-order valence-corrected chi connectivity index (χ2v) is 22.0. The van der Waals surface area contributed by atoms with E-state index in [9.17, 15) is 0 Å². The number of nitrogens with zero attached hydrogens (tertiary/aromatic N) is 2. The second-order valence-electron chi connectivity index (χ2n) is 20.9. The van der Waals surface area contributed by atoms with Crippen molar-refractivity contribution in [3.8, 4) is 22.6 Å². The molecule has 63 heavy (non-hydrogen) atoms. The topological polar surface area (TPSA) is 15.7 Å². The monoisotopic (exact) mass is 838 g/mol. The van der Waals surface area contributed by atoms with Crippen LogP contribution >= 0.6 is 11.3 Å². The van der Waals surface area contributed by atoms with Gasteiger partial charge in [0.1, 0.15) is 11.5 Å². The zero-order valence-corrected chi connectivity index (χ0v) is 39.3. The molecule has 3 heterocycles. The van der Waals surface area contributed by atoms with Crippen LogP contribution in [0.25, 0.3) is 21.2 Å². The molecule has 0 atom stereocenters. The van der Waals surface area contributed by atoms with Gasteiger partial charge in [-0.2, -0.15) is 0 Å². The third-order valence-electron chi connectivity index (χ3n) is 14.0. The van der Waals surface area contributed by atoms with Crippen LogP contribution in [0.2, 0.25) is 0 Å². The van der Waals surface area contributed by atoms with E-state index < -0.39 is 0 Å². The van der Waals surface area contributed by atoms with Crippen molar-refractivity contribution in [2.75, 3.05) is 9.80 Å². The first-order chi connectivity index (χ1) is 30.0. The molecule has 0 fully saturated rings. The molecule has 0 unspecified atom stereocenters. The molecule has 5 heteroatoms. The van der Waals surface area contributed by atoms with E-state index in [1.54, 1.807) is 0 Å². The molecule has 0 radical (unpaired) electrons. The Labute approximate surface area is 378 Å². The lowest BCUT2D eigenvalue weighted by Crippen LogP contribution is -2.59. The third kappa shape index (κ3) is 6.06. The highest BCUT2D eigenvalue weighted by atomic mass is 32.1. The lowest BCUT2D eigenvalue weighted by molar-refractivity contribution is 0.494. The summed E-state index contributed by atoms with van der Waals surface area (Å²) < 4.78 is 9.81. The highest BCUT2D eigenvalue weighted by molar-refractivity contribution is 7.33. The van der Waals surface area contributed by atoms with Gasteiger partial charge in [0.15, 0.2) is 0 Å². The number of hydrogen-bond acceptors (Lipinski definition) is 4. The maximum absolute atomic E-state index is 7.28. The maximum Gasteiger partial charge on any atom is 0.269 e. The average Bonchev–Trinajstić information content (AvgIpc) is 3.73. The molecule has 1 aliphatic carbocycles. The fourth-order valence-electron chi connectivity index (χ4n) is 10.6. The van der Waals surface area contributed by atoms with Crippen LogP contribution < -0.4 is 30.2 Å². The number of rotatable bonds is 4. The quantitative estimate of drug-likeness (QED) is 0.164. The summed E-state index contributed by atoms with van der Waals surface area (Å²) in [6, 6.07) is 51.0. The summed E-state index contributed by atoms with van der Waals surface area (Å²) in [7, 11) is 0. The summed E-state index contributed by atoms with van der Waals surface area (Å²) in [4.78, 5) is 5.12. The zero-order chi connectivity index (χ0) is 43.9. The number of anilines is 6. The first-order valence-electron chi connectivity index (χ1n) is 22.5. The molecule has 1 aromatic heterocycles. The van der Waals surface area contributed by atoms with Crippen molar-refractivity contribution >= 4 is 78.0 Å². The van der Waals surface area contributed by atoms with Gasteiger partial charge in [-0.1, -0.05) is 133 Å². The smallest absolute Gasteiger partial charge is 0.269 e. The number of ether oxygens (including phenoxy) is 1. The van der Waals surface area contributed by atoms with Crippen molar-refractivity contribution in [3.05, 3.63) is 172 Å². The van der Waals surface area contributed by atoms with Crippen LogP contribution in [0.15, 0.2) is 133 Å². The molecule has 2 aliphatic heterocycles. The van der Waals surface area contributed by atoms with Gasteiger partial charge in [-0.05, 0) is 143 Å². The summed E-state index contributed by atoms with van der Waals surface area (Å²) in [5.74, 6) is 1.95. The Morgan fingerprint density at radius 1 is 0.651 bits per heavy atom.